The standard InChI is InChI=1S/C27H34N2O2/c1-2-20-18-29-16-14-21(20)17-25(29)27(31-26(30)12-11-19-7-3-4-8-19)23-13-15-28-24-10-6-5-9-22(23)24/h2,5-6,9-10,13,15,19-21,25,27H,1,3-4,7-8,11-12,14,16-18H2/t20?,21-,25?,27?/m0/s1. The molecule has 4 nitrogen and oxygen atoms in total. The third-order valence-corrected chi connectivity index (χ3v) is 7.98. The minimum atomic E-state index is -0.238. The number of nitrogens with zero attached hydrogens (tertiary/aromatic N) is 2. The molecule has 6 rings (SSSR count). The average molecular weight is 419 g/mol. The zero-order valence-electron chi connectivity index (χ0n) is 18.4. The van der Waals surface area contributed by atoms with Gasteiger partial charge in [0.1, 0.15) is 6.10 Å². The monoisotopic (exact) mass is 418 g/mol. The van der Waals surface area contributed by atoms with Crippen molar-refractivity contribution in [2.24, 2.45) is 17.8 Å². The van der Waals surface area contributed by atoms with Crippen LogP contribution in [0.15, 0.2) is 49.2 Å². The van der Waals surface area contributed by atoms with Gasteiger partial charge in [0.2, 0.25) is 0 Å². The van der Waals surface area contributed by atoms with Gasteiger partial charge in [-0.1, -0.05) is 50.0 Å². The first-order valence-electron chi connectivity index (χ1n) is 12.1. The maximum absolute atomic E-state index is 13.0. The molecule has 4 fully saturated rings. The van der Waals surface area contributed by atoms with Gasteiger partial charge in [-0.3, -0.25) is 14.7 Å². The van der Waals surface area contributed by atoms with Crippen molar-refractivity contribution in [2.75, 3.05) is 13.1 Å². The summed E-state index contributed by atoms with van der Waals surface area (Å²) in [5, 5.41) is 1.10. The number of piperidine rings is 3. The molecule has 1 aliphatic carbocycles. The van der Waals surface area contributed by atoms with Crippen molar-refractivity contribution in [3.05, 3.63) is 54.7 Å². The SMILES string of the molecule is C=CC1CN2CC[C@H]1CC2C(OC(=O)CCC1CCCC1)c1ccnc2ccccc12. The Hall–Kier alpha value is -2.20. The fraction of sp³-hybridized carbons (Fsp3) is 0.556. The van der Waals surface area contributed by atoms with Gasteiger partial charge in [0.05, 0.1) is 11.6 Å². The topological polar surface area (TPSA) is 42.4 Å². The van der Waals surface area contributed by atoms with E-state index >= 15 is 0 Å². The van der Waals surface area contributed by atoms with Gasteiger partial charge < -0.3 is 4.74 Å². The fourth-order valence-electron chi connectivity index (χ4n) is 6.23. The number of esters is 1. The fourth-order valence-corrected chi connectivity index (χ4v) is 6.23. The van der Waals surface area contributed by atoms with E-state index < -0.39 is 0 Å². The van der Waals surface area contributed by atoms with Crippen LogP contribution in [0.2, 0.25) is 0 Å². The third-order valence-electron chi connectivity index (χ3n) is 7.98. The van der Waals surface area contributed by atoms with E-state index in [1.165, 1.54) is 32.1 Å². The van der Waals surface area contributed by atoms with E-state index in [0.29, 0.717) is 24.2 Å². The van der Waals surface area contributed by atoms with E-state index in [9.17, 15) is 4.79 Å². The lowest BCUT2D eigenvalue weighted by Gasteiger charge is -2.51. The zero-order valence-corrected chi connectivity index (χ0v) is 18.4. The third kappa shape index (κ3) is 4.27. The van der Waals surface area contributed by atoms with Gasteiger partial charge in [-0.25, -0.2) is 0 Å². The summed E-state index contributed by atoms with van der Waals surface area (Å²) in [6.45, 7) is 6.17. The van der Waals surface area contributed by atoms with Crippen molar-refractivity contribution in [1.29, 1.82) is 0 Å². The van der Waals surface area contributed by atoms with E-state index in [1.807, 2.05) is 24.4 Å². The Labute approximate surface area is 185 Å². The van der Waals surface area contributed by atoms with E-state index in [0.717, 1.165) is 42.4 Å². The molecule has 31 heavy (non-hydrogen) atoms. The van der Waals surface area contributed by atoms with Crippen LogP contribution in [0.5, 0.6) is 0 Å². The summed E-state index contributed by atoms with van der Waals surface area (Å²) >= 11 is 0. The molecule has 3 saturated heterocycles. The van der Waals surface area contributed by atoms with Gasteiger partial charge in [-0.2, -0.15) is 0 Å². The highest BCUT2D eigenvalue weighted by Gasteiger charge is 2.44. The number of rotatable bonds is 7. The summed E-state index contributed by atoms with van der Waals surface area (Å²) in [6.07, 6.45) is 12.7. The summed E-state index contributed by atoms with van der Waals surface area (Å²) in [5.74, 6) is 1.86. The molecule has 0 radical (unpaired) electrons. The number of aromatic nitrogens is 1. The minimum absolute atomic E-state index is 0.0410. The number of benzene rings is 1. The number of fused-ring (bicyclic) bond motifs is 4. The molecule has 1 aromatic carbocycles. The average Bonchev–Trinajstić information content (AvgIpc) is 3.35. The number of carbonyl (C=O) groups excluding carboxylic acids is 1. The molecule has 3 aliphatic heterocycles. The van der Waals surface area contributed by atoms with Crippen molar-refractivity contribution >= 4 is 16.9 Å². The molecule has 4 heterocycles. The molecule has 1 saturated carbocycles. The van der Waals surface area contributed by atoms with Gasteiger partial charge >= 0.3 is 5.97 Å². The van der Waals surface area contributed by atoms with Crippen LogP contribution in [0.4, 0.5) is 0 Å². The van der Waals surface area contributed by atoms with Crippen LogP contribution in [-0.4, -0.2) is 35.0 Å². The Bertz CT molecular complexity index is 930. The lowest BCUT2D eigenvalue weighted by Crippen LogP contribution is -2.55. The maximum atomic E-state index is 13.0. The predicted octanol–water partition coefficient (Wildman–Crippen LogP) is 5.69. The summed E-state index contributed by atoms with van der Waals surface area (Å²) < 4.78 is 6.33. The van der Waals surface area contributed by atoms with Crippen molar-refractivity contribution < 1.29 is 9.53 Å². The molecule has 4 aliphatic rings. The number of pyridine rings is 1. The van der Waals surface area contributed by atoms with Crippen LogP contribution in [0.3, 0.4) is 0 Å². The Morgan fingerprint density at radius 2 is 2.06 bits per heavy atom. The van der Waals surface area contributed by atoms with E-state index in [4.69, 9.17) is 4.74 Å². The number of para-hydroxylation sites is 1. The van der Waals surface area contributed by atoms with Crippen molar-refractivity contribution in [3.8, 4) is 0 Å². The molecule has 0 N–H and O–H groups in total. The molecule has 1 aromatic heterocycles. The first-order chi connectivity index (χ1) is 15.2. The van der Waals surface area contributed by atoms with Gasteiger partial charge in [0, 0.05) is 30.1 Å². The molecule has 2 bridgehead atoms. The summed E-state index contributed by atoms with van der Waals surface area (Å²) in [6, 6.07) is 10.5. The molecular weight excluding hydrogens is 384 g/mol. The van der Waals surface area contributed by atoms with Crippen molar-refractivity contribution in [3.63, 3.8) is 0 Å². The van der Waals surface area contributed by atoms with Crippen molar-refractivity contribution in [1.82, 2.24) is 9.88 Å². The highest BCUT2D eigenvalue weighted by Crippen LogP contribution is 2.43. The summed E-state index contributed by atoms with van der Waals surface area (Å²) in [7, 11) is 0. The summed E-state index contributed by atoms with van der Waals surface area (Å²) in [5.41, 5.74) is 2.07. The second-order valence-corrected chi connectivity index (χ2v) is 9.76. The van der Waals surface area contributed by atoms with Gasteiger partial charge in [-0.05, 0) is 55.7 Å². The molecule has 164 valence electrons. The van der Waals surface area contributed by atoms with Crippen LogP contribution < -0.4 is 0 Å². The number of hydrogen-bond acceptors (Lipinski definition) is 4. The van der Waals surface area contributed by atoms with Crippen LogP contribution in [0.1, 0.15) is 63.0 Å². The molecule has 4 unspecified atom stereocenters. The second-order valence-electron chi connectivity index (χ2n) is 9.76. The molecule has 5 atom stereocenters. The van der Waals surface area contributed by atoms with Crippen LogP contribution in [-0.2, 0) is 9.53 Å². The Morgan fingerprint density at radius 1 is 1.23 bits per heavy atom. The number of carbonyl (C=O) groups is 1. The van der Waals surface area contributed by atoms with Crippen molar-refractivity contribution in [2.45, 2.75) is 63.5 Å². The Balaban J connectivity index is 1.41. The number of hydrogen-bond donors (Lipinski definition) is 0. The van der Waals surface area contributed by atoms with Gasteiger partial charge in [0.15, 0.2) is 0 Å². The Morgan fingerprint density at radius 3 is 2.84 bits per heavy atom. The van der Waals surface area contributed by atoms with E-state index in [1.54, 1.807) is 0 Å². The highest BCUT2D eigenvalue weighted by molar-refractivity contribution is 5.82. The minimum Gasteiger partial charge on any atom is -0.456 e. The zero-order chi connectivity index (χ0) is 21.2. The largest absolute Gasteiger partial charge is 0.456 e. The van der Waals surface area contributed by atoms with E-state index in [-0.39, 0.29) is 18.1 Å². The first kappa shape index (κ1) is 20.7. The molecule has 0 spiro atoms. The van der Waals surface area contributed by atoms with E-state index in [2.05, 4.69) is 34.7 Å². The first-order valence-corrected chi connectivity index (χ1v) is 12.1. The maximum Gasteiger partial charge on any atom is 0.306 e. The molecule has 2 aromatic rings. The van der Waals surface area contributed by atoms with Crippen LogP contribution in [0, 0.1) is 17.8 Å². The van der Waals surface area contributed by atoms with Gasteiger partial charge in [-0.15, -0.1) is 6.58 Å². The van der Waals surface area contributed by atoms with Crippen LogP contribution in [0.25, 0.3) is 10.9 Å². The molecular formula is C27H34N2O2. The molecule has 4 heteroatoms. The van der Waals surface area contributed by atoms with Gasteiger partial charge in [0.25, 0.3) is 0 Å². The van der Waals surface area contributed by atoms with Crippen LogP contribution >= 0.6 is 0 Å². The predicted molar refractivity (Wildman–Crippen MR) is 124 cm³/mol. The highest BCUT2D eigenvalue weighted by atomic mass is 16.5. The Kier molecular flexibility index (Phi) is 6.08. The molecule has 0 amide bonds. The quantitative estimate of drug-likeness (QED) is 0.428. The number of ether oxygens (including phenoxy) is 1. The summed E-state index contributed by atoms with van der Waals surface area (Å²) in [4.78, 5) is 20.1. The lowest BCUT2D eigenvalue weighted by atomic mass is 9.73. The lowest BCUT2D eigenvalue weighted by molar-refractivity contribution is -0.157. The second kappa shape index (κ2) is 9.12. The smallest absolute Gasteiger partial charge is 0.306 e. The normalized spacial score (nSPS) is 29.2.